The van der Waals surface area contributed by atoms with Gasteiger partial charge in [-0.15, -0.1) is 0 Å². The summed E-state index contributed by atoms with van der Waals surface area (Å²) in [6, 6.07) is 7.79. The lowest BCUT2D eigenvalue weighted by Crippen LogP contribution is -1.94. The molecule has 0 unspecified atom stereocenters. The summed E-state index contributed by atoms with van der Waals surface area (Å²) in [7, 11) is 1.70. The summed E-state index contributed by atoms with van der Waals surface area (Å²) in [6.07, 6.45) is 0. The van der Waals surface area contributed by atoms with Gasteiger partial charge < -0.3 is 0 Å². The Kier molecular flexibility index (Phi) is 3.17. The fourth-order valence-corrected chi connectivity index (χ4v) is 1.15. The summed E-state index contributed by atoms with van der Waals surface area (Å²) in [5.74, 6) is 0.669. The van der Waals surface area contributed by atoms with Crippen LogP contribution in [0.4, 0.5) is 0 Å². The molecule has 0 radical (unpaired) electrons. The van der Waals surface area contributed by atoms with Crippen molar-refractivity contribution in [1.29, 1.82) is 0 Å². The van der Waals surface area contributed by atoms with Crippen LogP contribution in [-0.2, 0) is 0 Å². The molecule has 3 heteroatoms. The third kappa shape index (κ3) is 2.01. The van der Waals surface area contributed by atoms with Crippen LogP contribution in [0.3, 0.4) is 0 Å². The van der Waals surface area contributed by atoms with Gasteiger partial charge in [0, 0.05) is 17.1 Å². The van der Waals surface area contributed by atoms with Gasteiger partial charge in [0.15, 0.2) is 5.84 Å². The van der Waals surface area contributed by atoms with E-state index in [2.05, 4.69) is 32.6 Å². The maximum Gasteiger partial charge on any atom is 0.153 e. The van der Waals surface area contributed by atoms with Crippen LogP contribution in [0.25, 0.3) is 0 Å². The molecule has 1 rings (SSSR count). The number of benzene rings is 1. The first-order valence-corrected chi connectivity index (χ1v) is 4.26. The molecule has 0 saturated carbocycles. The molecule has 0 spiro atoms. The fourth-order valence-electron chi connectivity index (χ4n) is 0.890. The van der Waals surface area contributed by atoms with E-state index in [1.165, 1.54) is 0 Å². The van der Waals surface area contributed by atoms with Gasteiger partial charge in [0.25, 0.3) is 0 Å². The van der Waals surface area contributed by atoms with Crippen molar-refractivity contribution in [1.82, 2.24) is 0 Å². The molecule has 0 atom stereocenters. The fraction of sp³-hybridized carbons (Fsp3) is 0.111. The van der Waals surface area contributed by atoms with Gasteiger partial charge in [-0.25, -0.2) is 4.99 Å². The minimum absolute atomic E-state index is 0.669. The van der Waals surface area contributed by atoms with E-state index in [4.69, 9.17) is 0 Å². The minimum Gasteiger partial charge on any atom is -0.270 e. The number of nitrogens with zero attached hydrogens (tertiary/aromatic N) is 2. The average molecular weight is 225 g/mol. The highest BCUT2D eigenvalue weighted by atomic mass is 79.9. The molecule has 1 aromatic carbocycles. The lowest BCUT2D eigenvalue weighted by atomic mass is 10.2. The molecular formula is C9H9BrN2. The topological polar surface area (TPSA) is 24.7 Å². The van der Waals surface area contributed by atoms with Crippen molar-refractivity contribution in [3.63, 3.8) is 0 Å². The quantitative estimate of drug-likeness (QED) is 0.518. The molecule has 0 aliphatic rings. The summed E-state index contributed by atoms with van der Waals surface area (Å²) in [4.78, 5) is 7.77. The molecule has 0 aromatic heterocycles. The summed E-state index contributed by atoms with van der Waals surface area (Å²) in [5, 5.41) is 0. The molecule has 0 heterocycles. The van der Waals surface area contributed by atoms with E-state index in [1.807, 2.05) is 24.3 Å². The second-order valence-corrected chi connectivity index (χ2v) is 3.13. The molecule has 0 fully saturated rings. The molecule has 0 aliphatic heterocycles. The van der Waals surface area contributed by atoms with Crippen molar-refractivity contribution in [2.24, 2.45) is 9.98 Å². The Morgan fingerprint density at radius 2 is 1.92 bits per heavy atom. The Labute approximate surface area is 80.2 Å². The van der Waals surface area contributed by atoms with Gasteiger partial charge in [-0.3, -0.25) is 4.99 Å². The monoisotopic (exact) mass is 224 g/mol. The van der Waals surface area contributed by atoms with Crippen molar-refractivity contribution in [3.05, 3.63) is 34.3 Å². The number of hydrogen-bond acceptors (Lipinski definition) is 1. The first-order valence-electron chi connectivity index (χ1n) is 3.47. The van der Waals surface area contributed by atoms with Crippen LogP contribution < -0.4 is 0 Å². The molecule has 0 bridgehead atoms. The van der Waals surface area contributed by atoms with E-state index in [1.54, 1.807) is 7.05 Å². The number of hydrogen-bond donors (Lipinski definition) is 0. The smallest absolute Gasteiger partial charge is 0.153 e. The highest BCUT2D eigenvalue weighted by Crippen LogP contribution is 2.11. The van der Waals surface area contributed by atoms with Crippen LogP contribution in [0.15, 0.2) is 38.7 Å². The summed E-state index contributed by atoms with van der Waals surface area (Å²) >= 11 is 3.35. The lowest BCUT2D eigenvalue weighted by Gasteiger charge is -1.98. The number of amidine groups is 1. The third-order valence-corrected chi connectivity index (χ3v) is 1.99. The Morgan fingerprint density at radius 1 is 1.33 bits per heavy atom. The maximum absolute atomic E-state index is 3.98. The Morgan fingerprint density at radius 3 is 2.33 bits per heavy atom. The van der Waals surface area contributed by atoms with Crippen LogP contribution in [0.2, 0.25) is 0 Å². The second kappa shape index (κ2) is 4.16. The van der Waals surface area contributed by atoms with E-state index in [9.17, 15) is 0 Å². The van der Waals surface area contributed by atoms with E-state index < -0.39 is 0 Å². The van der Waals surface area contributed by atoms with Gasteiger partial charge in [0.2, 0.25) is 0 Å². The van der Waals surface area contributed by atoms with Gasteiger partial charge in [0.05, 0.1) is 0 Å². The zero-order valence-corrected chi connectivity index (χ0v) is 8.37. The Balaban J connectivity index is 3.04. The zero-order valence-electron chi connectivity index (χ0n) is 6.79. The molecule has 0 N–H and O–H groups in total. The van der Waals surface area contributed by atoms with Gasteiger partial charge in [-0.05, 0) is 18.9 Å². The average Bonchev–Trinajstić information content (AvgIpc) is 2.10. The molecule has 0 aliphatic carbocycles. The van der Waals surface area contributed by atoms with Crippen LogP contribution in [-0.4, -0.2) is 19.6 Å². The van der Waals surface area contributed by atoms with Gasteiger partial charge in [-0.2, -0.15) is 0 Å². The SMILES string of the molecule is C=NC(=NC)c1ccc(Br)cc1. The molecule has 1 aromatic rings. The molecule has 0 amide bonds. The van der Waals surface area contributed by atoms with Gasteiger partial charge in [-0.1, -0.05) is 28.1 Å². The highest BCUT2D eigenvalue weighted by molar-refractivity contribution is 9.10. The Hall–Kier alpha value is -0.960. The summed E-state index contributed by atoms with van der Waals surface area (Å²) in [5.41, 5.74) is 0.982. The van der Waals surface area contributed by atoms with Crippen molar-refractivity contribution < 1.29 is 0 Å². The number of halogens is 1. The number of aliphatic imine (C=N–C) groups is 2. The number of rotatable bonds is 1. The molecule has 0 saturated heterocycles. The summed E-state index contributed by atoms with van der Waals surface area (Å²) < 4.78 is 1.05. The maximum atomic E-state index is 3.98. The van der Waals surface area contributed by atoms with E-state index >= 15 is 0 Å². The van der Waals surface area contributed by atoms with Crippen LogP contribution >= 0.6 is 15.9 Å². The van der Waals surface area contributed by atoms with E-state index in [0.29, 0.717) is 5.84 Å². The van der Waals surface area contributed by atoms with Crippen LogP contribution in [0.1, 0.15) is 5.56 Å². The predicted molar refractivity (Wildman–Crippen MR) is 56.2 cm³/mol. The lowest BCUT2D eigenvalue weighted by molar-refractivity contribution is 1.39. The van der Waals surface area contributed by atoms with Crippen molar-refractivity contribution in [2.75, 3.05) is 7.05 Å². The molecule has 62 valence electrons. The first-order chi connectivity index (χ1) is 5.77. The molecule has 2 nitrogen and oxygen atoms in total. The largest absolute Gasteiger partial charge is 0.270 e. The minimum atomic E-state index is 0.669. The molecular weight excluding hydrogens is 216 g/mol. The molecule has 12 heavy (non-hydrogen) atoms. The first kappa shape index (κ1) is 9.13. The van der Waals surface area contributed by atoms with Gasteiger partial charge in [0.1, 0.15) is 0 Å². The standard InChI is InChI=1S/C9H9BrN2/c1-11-9(12-2)7-3-5-8(10)6-4-7/h3-6H,1H2,2H3. The van der Waals surface area contributed by atoms with Crippen molar-refractivity contribution in [3.8, 4) is 0 Å². The van der Waals surface area contributed by atoms with E-state index in [-0.39, 0.29) is 0 Å². The highest BCUT2D eigenvalue weighted by Gasteiger charge is 1.97. The van der Waals surface area contributed by atoms with Crippen LogP contribution in [0, 0.1) is 0 Å². The summed E-state index contributed by atoms with van der Waals surface area (Å²) in [6.45, 7) is 3.44. The van der Waals surface area contributed by atoms with Gasteiger partial charge >= 0.3 is 0 Å². The predicted octanol–water partition coefficient (Wildman–Crippen LogP) is 2.53. The zero-order chi connectivity index (χ0) is 8.97. The Bertz CT molecular complexity index is 301. The normalized spacial score (nSPS) is 11.3. The second-order valence-electron chi connectivity index (χ2n) is 2.21. The van der Waals surface area contributed by atoms with Crippen molar-refractivity contribution >= 4 is 28.5 Å². The third-order valence-electron chi connectivity index (χ3n) is 1.46. The van der Waals surface area contributed by atoms with Crippen LogP contribution in [0.5, 0.6) is 0 Å². The van der Waals surface area contributed by atoms with E-state index in [0.717, 1.165) is 10.0 Å². The van der Waals surface area contributed by atoms with Crippen molar-refractivity contribution in [2.45, 2.75) is 0 Å².